The molecule has 11 unspecified atom stereocenters. The number of hydrogen-bond donors (Lipinski definition) is 0. The van der Waals surface area contributed by atoms with Crippen LogP contribution in [0, 0.1) is 39.4 Å². The van der Waals surface area contributed by atoms with E-state index in [1.807, 2.05) is 13.8 Å². The van der Waals surface area contributed by atoms with Gasteiger partial charge in [0.1, 0.15) is 23.6 Å². The van der Waals surface area contributed by atoms with Crippen LogP contribution in [0.1, 0.15) is 128 Å². The molecular weight excluding hydrogens is 672 g/mol. The maximum atomic E-state index is 13.3. The van der Waals surface area contributed by atoms with Gasteiger partial charge >= 0.3 is 29.8 Å². The largest absolute Gasteiger partial charge is 0.462 e. The van der Waals surface area contributed by atoms with Crippen LogP contribution in [-0.2, 0) is 57.2 Å². The lowest BCUT2D eigenvalue weighted by molar-refractivity contribution is -0.246. The molecule has 0 aromatic rings. The number of carbonyl (C=O) groups excluding carboxylic acids is 6. The van der Waals surface area contributed by atoms with E-state index in [1.54, 1.807) is 13.8 Å². The van der Waals surface area contributed by atoms with Gasteiger partial charge in [-0.1, -0.05) is 46.3 Å². The average Bonchev–Trinajstić information content (AvgIpc) is 3.52. The minimum Gasteiger partial charge on any atom is -0.462 e. The maximum Gasteiger partial charge on any atom is 0.305 e. The van der Waals surface area contributed by atoms with Crippen LogP contribution >= 0.6 is 0 Å². The molecule has 12 heteroatoms. The fraction of sp³-hybridized carbons (Fsp3) is 0.800. The van der Waals surface area contributed by atoms with Crippen molar-refractivity contribution in [2.45, 2.75) is 164 Å². The Labute approximate surface area is 307 Å². The van der Waals surface area contributed by atoms with E-state index in [1.165, 1.54) is 34.6 Å². The molecule has 1 saturated heterocycles. The second kappa shape index (κ2) is 13.2. The first kappa shape index (κ1) is 39.9. The Kier molecular flexibility index (Phi) is 10.2. The van der Waals surface area contributed by atoms with Gasteiger partial charge in [-0.2, -0.15) is 0 Å². The number of hydrogen-bond acceptors (Lipinski definition) is 12. The SMILES string of the molecule is CC(=O)OC(C1CC(OC(C)=O)(C2CC=C3C2(C)CCC2C4(C)CCC(=O)C(C)(C)C4CC(OC(C)=O)C32C)C(OC(C)=O)O1)C(C)(C)OC(C)=O. The Morgan fingerprint density at radius 1 is 0.827 bits per heavy atom. The van der Waals surface area contributed by atoms with Crippen LogP contribution in [0.3, 0.4) is 0 Å². The quantitative estimate of drug-likeness (QED) is 0.164. The third kappa shape index (κ3) is 6.28. The third-order valence-electron chi connectivity index (χ3n) is 13.8. The van der Waals surface area contributed by atoms with Crippen molar-refractivity contribution in [3.05, 3.63) is 11.6 Å². The Bertz CT molecular complexity index is 1560. The minimum atomic E-state index is -1.54. The van der Waals surface area contributed by atoms with Gasteiger partial charge in [0.05, 0.1) is 0 Å². The number of ether oxygens (including phenoxy) is 6. The van der Waals surface area contributed by atoms with Crippen molar-refractivity contribution >= 4 is 35.6 Å². The normalized spacial score (nSPS) is 39.8. The molecule has 5 aliphatic rings. The molecule has 0 amide bonds. The molecule has 0 bridgehead atoms. The Hall–Kier alpha value is -3.28. The molecule has 52 heavy (non-hydrogen) atoms. The zero-order valence-corrected chi connectivity index (χ0v) is 33.0. The van der Waals surface area contributed by atoms with Crippen LogP contribution in [0.4, 0.5) is 0 Å². The lowest BCUT2D eigenvalue weighted by atomic mass is 9.37. The lowest BCUT2D eigenvalue weighted by Crippen LogP contribution is -2.66. The highest BCUT2D eigenvalue weighted by molar-refractivity contribution is 5.85. The minimum absolute atomic E-state index is 0.00865. The van der Waals surface area contributed by atoms with Crippen molar-refractivity contribution in [2.24, 2.45) is 39.4 Å². The van der Waals surface area contributed by atoms with Gasteiger partial charge in [0.2, 0.25) is 6.29 Å². The zero-order chi connectivity index (χ0) is 39.0. The molecule has 1 aliphatic heterocycles. The van der Waals surface area contributed by atoms with Crippen LogP contribution in [0.5, 0.6) is 0 Å². The number of fused-ring (bicyclic) bond motifs is 5. The molecule has 11 atom stereocenters. The monoisotopic (exact) mass is 730 g/mol. The van der Waals surface area contributed by atoms with Crippen molar-refractivity contribution in [3.8, 4) is 0 Å². The standard InChI is InChI=1S/C40H58O12/c1-21(41)47-32-19-30-35(6,7)31(46)16-18-38(30,11)28-15-17-37(10)27(39(28,32)12)13-14-29(37)40(52-25(5)45)20-26(50-34(40)49-23(3)43)33(48-22(2)42)36(8,9)51-24(4)44/h13,26,28-30,32-34H,14-20H2,1-12H3. The molecule has 5 rings (SSSR count). The number of carbonyl (C=O) groups is 6. The summed E-state index contributed by atoms with van der Waals surface area (Å²) in [5.74, 6) is -3.05. The van der Waals surface area contributed by atoms with Gasteiger partial charge in [0.15, 0.2) is 11.7 Å². The van der Waals surface area contributed by atoms with Gasteiger partial charge in [0, 0.05) is 64.2 Å². The predicted octanol–water partition coefficient (Wildman–Crippen LogP) is 5.96. The summed E-state index contributed by atoms with van der Waals surface area (Å²) in [7, 11) is 0. The highest BCUT2D eigenvalue weighted by Crippen LogP contribution is 2.74. The number of rotatable bonds is 8. The molecule has 4 fully saturated rings. The van der Waals surface area contributed by atoms with E-state index in [2.05, 4.69) is 26.8 Å². The first-order chi connectivity index (χ1) is 23.9. The van der Waals surface area contributed by atoms with E-state index < -0.39 is 81.8 Å². The summed E-state index contributed by atoms with van der Waals surface area (Å²) in [6, 6.07) is 0. The van der Waals surface area contributed by atoms with Gasteiger partial charge in [-0.3, -0.25) is 28.8 Å². The smallest absolute Gasteiger partial charge is 0.305 e. The fourth-order valence-corrected chi connectivity index (χ4v) is 12.0. The number of ketones is 1. The molecule has 4 aliphatic carbocycles. The fourth-order valence-electron chi connectivity index (χ4n) is 12.0. The van der Waals surface area contributed by atoms with Crippen molar-refractivity contribution in [1.29, 1.82) is 0 Å². The summed E-state index contributed by atoms with van der Waals surface area (Å²) in [6.45, 7) is 20.3. The van der Waals surface area contributed by atoms with Gasteiger partial charge in [-0.25, -0.2) is 0 Å². The Morgan fingerprint density at radius 3 is 2.02 bits per heavy atom. The van der Waals surface area contributed by atoms with Gasteiger partial charge in [0.25, 0.3) is 0 Å². The summed E-state index contributed by atoms with van der Waals surface area (Å²) < 4.78 is 36.3. The number of allylic oxidation sites excluding steroid dienone is 1. The first-order valence-corrected chi connectivity index (χ1v) is 18.7. The second-order valence-electron chi connectivity index (χ2n) is 17.8. The molecule has 0 spiro atoms. The third-order valence-corrected chi connectivity index (χ3v) is 13.8. The summed E-state index contributed by atoms with van der Waals surface area (Å²) in [5.41, 5.74) is -3.88. The van der Waals surface area contributed by atoms with E-state index in [0.717, 1.165) is 18.4 Å². The highest BCUT2D eigenvalue weighted by Gasteiger charge is 2.73. The Balaban J connectivity index is 1.63. The van der Waals surface area contributed by atoms with E-state index in [4.69, 9.17) is 28.4 Å². The second-order valence-corrected chi connectivity index (χ2v) is 17.8. The van der Waals surface area contributed by atoms with Crippen molar-refractivity contribution in [2.75, 3.05) is 0 Å². The summed E-state index contributed by atoms with van der Waals surface area (Å²) >= 11 is 0. The summed E-state index contributed by atoms with van der Waals surface area (Å²) in [6.07, 6.45) is 1.74. The molecule has 1 heterocycles. The molecule has 3 saturated carbocycles. The van der Waals surface area contributed by atoms with E-state index in [0.29, 0.717) is 25.7 Å². The topological polar surface area (TPSA) is 158 Å². The van der Waals surface area contributed by atoms with Gasteiger partial charge in [-0.05, 0) is 68.6 Å². The van der Waals surface area contributed by atoms with Gasteiger partial charge < -0.3 is 28.4 Å². The maximum absolute atomic E-state index is 13.3. The van der Waals surface area contributed by atoms with Gasteiger partial charge in [-0.15, -0.1) is 0 Å². The first-order valence-electron chi connectivity index (χ1n) is 18.7. The zero-order valence-electron chi connectivity index (χ0n) is 33.0. The van der Waals surface area contributed by atoms with Crippen LogP contribution in [-0.4, -0.2) is 71.4 Å². The van der Waals surface area contributed by atoms with Crippen LogP contribution in [0.25, 0.3) is 0 Å². The molecular formula is C40H58O12. The van der Waals surface area contributed by atoms with Crippen molar-refractivity contribution < 1.29 is 57.2 Å². The lowest BCUT2D eigenvalue weighted by Gasteiger charge is -2.68. The average molecular weight is 731 g/mol. The molecule has 0 radical (unpaired) electrons. The summed E-state index contributed by atoms with van der Waals surface area (Å²) in [4.78, 5) is 76.5. The number of Topliss-reactive ketones (excluding diaryl/α,β-unsaturated/α-hetero) is 1. The molecule has 12 nitrogen and oxygen atoms in total. The molecule has 290 valence electrons. The van der Waals surface area contributed by atoms with E-state index in [-0.39, 0.29) is 35.4 Å². The number of esters is 5. The summed E-state index contributed by atoms with van der Waals surface area (Å²) in [5, 5.41) is 0. The van der Waals surface area contributed by atoms with E-state index in [9.17, 15) is 28.8 Å². The van der Waals surface area contributed by atoms with Crippen LogP contribution < -0.4 is 0 Å². The highest BCUT2D eigenvalue weighted by atomic mass is 16.7. The molecule has 0 aromatic carbocycles. The predicted molar refractivity (Wildman–Crippen MR) is 186 cm³/mol. The van der Waals surface area contributed by atoms with Crippen LogP contribution in [0.15, 0.2) is 11.6 Å². The Morgan fingerprint density at radius 2 is 1.46 bits per heavy atom. The molecule has 0 N–H and O–H groups in total. The van der Waals surface area contributed by atoms with Crippen LogP contribution in [0.2, 0.25) is 0 Å². The van der Waals surface area contributed by atoms with E-state index >= 15 is 0 Å². The van der Waals surface area contributed by atoms with Crippen molar-refractivity contribution in [1.82, 2.24) is 0 Å². The molecule has 0 aromatic heterocycles. The van der Waals surface area contributed by atoms with Crippen molar-refractivity contribution in [3.63, 3.8) is 0 Å².